The molecule has 182 valence electrons. The van der Waals surface area contributed by atoms with Crippen LogP contribution in [0, 0.1) is 0 Å². The summed E-state index contributed by atoms with van der Waals surface area (Å²) in [6.45, 7) is 0. The molecule has 2 N–H and O–H groups in total. The van der Waals surface area contributed by atoms with Gasteiger partial charge in [0.15, 0.2) is 11.5 Å². The number of amides is 2. The molecule has 2 aromatic carbocycles. The van der Waals surface area contributed by atoms with Gasteiger partial charge in [-0.05, 0) is 78.2 Å². The predicted octanol–water partition coefficient (Wildman–Crippen LogP) is 4.74. The van der Waals surface area contributed by atoms with Crippen molar-refractivity contribution >= 4 is 29.2 Å². The number of hydrogen-bond donors (Lipinski definition) is 2. The van der Waals surface area contributed by atoms with Crippen molar-refractivity contribution in [3.8, 4) is 17.2 Å². The molecule has 7 nitrogen and oxygen atoms in total. The van der Waals surface area contributed by atoms with Gasteiger partial charge in [0.2, 0.25) is 0 Å². The average molecular weight is 493 g/mol. The molecule has 1 heterocycles. The molecule has 1 aliphatic carbocycles. The lowest BCUT2D eigenvalue weighted by Gasteiger charge is -2.27. The van der Waals surface area contributed by atoms with E-state index in [-0.39, 0.29) is 17.6 Å². The van der Waals surface area contributed by atoms with Gasteiger partial charge in [0.1, 0.15) is 11.4 Å². The zero-order valence-corrected chi connectivity index (χ0v) is 20.7. The van der Waals surface area contributed by atoms with E-state index >= 15 is 0 Å². The summed E-state index contributed by atoms with van der Waals surface area (Å²) < 4.78 is 15.9. The Morgan fingerprint density at radius 2 is 1.83 bits per heavy atom. The molecular formula is C27H28N2O5S. The highest BCUT2D eigenvalue weighted by molar-refractivity contribution is 7.10. The number of methoxy groups -OCH3 is 3. The smallest absolute Gasteiger partial charge is 0.268 e. The van der Waals surface area contributed by atoms with E-state index in [1.54, 1.807) is 31.4 Å². The van der Waals surface area contributed by atoms with Crippen LogP contribution in [0.15, 0.2) is 59.6 Å². The quantitative estimate of drug-likeness (QED) is 0.444. The minimum Gasteiger partial charge on any atom is -0.497 e. The van der Waals surface area contributed by atoms with Crippen molar-refractivity contribution in [2.24, 2.45) is 0 Å². The average Bonchev–Trinajstić information content (AvgIpc) is 3.40. The van der Waals surface area contributed by atoms with Crippen LogP contribution < -0.4 is 24.8 Å². The molecule has 4 rings (SSSR count). The summed E-state index contributed by atoms with van der Waals surface area (Å²) in [5, 5.41) is 7.83. The van der Waals surface area contributed by atoms with Gasteiger partial charge in [0.05, 0.1) is 27.4 Å². The summed E-state index contributed by atoms with van der Waals surface area (Å²) in [6, 6.07) is 14.4. The van der Waals surface area contributed by atoms with Gasteiger partial charge in [0.25, 0.3) is 11.8 Å². The Hall–Kier alpha value is -3.78. The molecule has 35 heavy (non-hydrogen) atoms. The number of thiophene rings is 1. The van der Waals surface area contributed by atoms with E-state index in [0.717, 1.165) is 35.5 Å². The van der Waals surface area contributed by atoms with E-state index in [1.807, 2.05) is 35.7 Å². The minimum atomic E-state index is -0.419. The van der Waals surface area contributed by atoms with E-state index in [2.05, 4.69) is 10.6 Å². The lowest BCUT2D eigenvalue weighted by atomic mass is 9.87. The van der Waals surface area contributed by atoms with E-state index in [4.69, 9.17) is 14.2 Å². The number of hydrogen-bond acceptors (Lipinski definition) is 6. The van der Waals surface area contributed by atoms with Gasteiger partial charge in [0, 0.05) is 10.4 Å². The van der Waals surface area contributed by atoms with Crippen LogP contribution in [0.3, 0.4) is 0 Å². The number of ether oxygens (including phenoxy) is 3. The molecule has 0 aliphatic heterocycles. The molecule has 0 fully saturated rings. The van der Waals surface area contributed by atoms with Crippen LogP contribution in [0.25, 0.3) is 6.08 Å². The number of rotatable bonds is 8. The Bertz CT molecular complexity index is 1240. The van der Waals surface area contributed by atoms with Crippen molar-refractivity contribution in [3.63, 3.8) is 0 Å². The minimum absolute atomic E-state index is 0.151. The van der Waals surface area contributed by atoms with Crippen LogP contribution in [0.2, 0.25) is 0 Å². The first-order chi connectivity index (χ1) is 17.0. The van der Waals surface area contributed by atoms with Crippen molar-refractivity contribution < 1.29 is 23.8 Å². The standard InChI is InChI=1S/C27H28N2O5S/c1-32-19-10-11-21-17(14-19)6-4-8-22(21)28-27(31)23(16-20-7-5-13-35-20)29-26(30)18-9-12-24(33-2)25(15-18)34-3/h5,7,9-16,22H,4,6,8H2,1-3H3,(H,28,31)(H,29,30)/b23-16-/t22-/m1/s1. The summed E-state index contributed by atoms with van der Waals surface area (Å²) >= 11 is 1.48. The molecule has 0 spiro atoms. The molecule has 0 saturated carbocycles. The molecule has 1 atom stereocenters. The third-order valence-electron chi connectivity index (χ3n) is 5.94. The highest BCUT2D eigenvalue weighted by atomic mass is 32.1. The topological polar surface area (TPSA) is 85.9 Å². The van der Waals surface area contributed by atoms with Gasteiger partial charge in [-0.25, -0.2) is 0 Å². The molecule has 1 aliphatic rings. The van der Waals surface area contributed by atoms with Gasteiger partial charge < -0.3 is 24.8 Å². The molecule has 0 saturated heterocycles. The van der Waals surface area contributed by atoms with Crippen LogP contribution in [-0.2, 0) is 11.2 Å². The van der Waals surface area contributed by atoms with Crippen molar-refractivity contribution in [3.05, 3.63) is 81.2 Å². The van der Waals surface area contributed by atoms with Crippen molar-refractivity contribution in [2.75, 3.05) is 21.3 Å². The van der Waals surface area contributed by atoms with E-state index in [9.17, 15) is 9.59 Å². The molecule has 2 amide bonds. The first-order valence-corrected chi connectivity index (χ1v) is 12.2. The van der Waals surface area contributed by atoms with Crippen LogP contribution in [0.4, 0.5) is 0 Å². The first-order valence-electron chi connectivity index (χ1n) is 11.3. The van der Waals surface area contributed by atoms with Crippen LogP contribution in [0.1, 0.15) is 45.2 Å². The molecular weight excluding hydrogens is 464 g/mol. The van der Waals surface area contributed by atoms with E-state index < -0.39 is 5.91 Å². The number of carbonyl (C=O) groups excluding carboxylic acids is 2. The summed E-state index contributed by atoms with van der Waals surface area (Å²) in [7, 11) is 4.68. The Morgan fingerprint density at radius 3 is 2.54 bits per heavy atom. The second kappa shape index (κ2) is 11.1. The number of benzene rings is 2. The van der Waals surface area contributed by atoms with Crippen LogP contribution >= 0.6 is 11.3 Å². The summed E-state index contributed by atoms with van der Waals surface area (Å²) in [6.07, 6.45) is 4.40. The van der Waals surface area contributed by atoms with Gasteiger partial charge >= 0.3 is 0 Å². The number of nitrogens with one attached hydrogen (secondary N) is 2. The summed E-state index contributed by atoms with van der Waals surface area (Å²) in [5.74, 6) is 0.987. The lowest BCUT2D eigenvalue weighted by Crippen LogP contribution is -2.37. The van der Waals surface area contributed by atoms with Crippen LogP contribution in [0.5, 0.6) is 17.2 Å². The number of aryl methyl sites for hydroxylation is 1. The maximum atomic E-state index is 13.4. The first kappa shape index (κ1) is 24.3. The van der Waals surface area contributed by atoms with Gasteiger partial charge in [-0.1, -0.05) is 12.1 Å². The largest absolute Gasteiger partial charge is 0.497 e. The van der Waals surface area contributed by atoms with Gasteiger partial charge in [-0.15, -0.1) is 11.3 Å². The summed E-state index contributed by atoms with van der Waals surface area (Å²) in [5.41, 5.74) is 2.77. The lowest BCUT2D eigenvalue weighted by molar-refractivity contribution is -0.118. The molecule has 8 heteroatoms. The maximum Gasteiger partial charge on any atom is 0.268 e. The zero-order chi connectivity index (χ0) is 24.8. The fourth-order valence-corrected chi connectivity index (χ4v) is 4.81. The van der Waals surface area contributed by atoms with Gasteiger partial charge in [-0.2, -0.15) is 0 Å². The normalized spacial score (nSPS) is 15.1. The Morgan fingerprint density at radius 1 is 1.00 bits per heavy atom. The Kier molecular flexibility index (Phi) is 7.72. The van der Waals surface area contributed by atoms with Crippen molar-refractivity contribution in [1.82, 2.24) is 10.6 Å². The highest BCUT2D eigenvalue weighted by Crippen LogP contribution is 2.32. The SMILES string of the molecule is COc1ccc2c(c1)CCC[C@H]2NC(=O)/C(=C/c1cccs1)NC(=O)c1ccc(OC)c(OC)c1. The maximum absolute atomic E-state index is 13.4. The third-order valence-corrected chi connectivity index (χ3v) is 6.76. The molecule has 3 aromatic rings. The van der Waals surface area contributed by atoms with E-state index in [0.29, 0.717) is 17.1 Å². The summed E-state index contributed by atoms with van der Waals surface area (Å²) in [4.78, 5) is 27.3. The van der Waals surface area contributed by atoms with Crippen molar-refractivity contribution in [2.45, 2.75) is 25.3 Å². The number of carbonyl (C=O) groups is 2. The predicted molar refractivity (Wildman–Crippen MR) is 136 cm³/mol. The van der Waals surface area contributed by atoms with Crippen LogP contribution in [-0.4, -0.2) is 33.1 Å². The molecule has 0 radical (unpaired) electrons. The van der Waals surface area contributed by atoms with E-state index in [1.165, 1.54) is 31.1 Å². The van der Waals surface area contributed by atoms with Crippen molar-refractivity contribution in [1.29, 1.82) is 0 Å². The second-order valence-corrected chi connectivity index (χ2v) is 9.06. The van der Waals surface area contributed by atoms with Gasteiger partial charge in [-0.3, -0.25) is 9.59 Å². The highest BCUT2D eigenvalue weighted by Gasteiger charge is 2.25. The zero-order valence-electron chi connectivity index (χ0n) is 19.9. The second-order valence-electron chi connectivity index (χ2n) is 8.08. The Labute approximate surface area is 208 Å². The fraction of sp³-hybridized carbons (Fsp3) is 0.259. The fourth-order valence-electron chi connectivity index (χ4n) is 4.15. The number of fused-ring (bicyclic) bond motifs is 1. The Balaban J connectivity index is 1.57. The molecule has 0 unspecified atom stereocenters. The monoisotopic (exact) mass is 492 g/mol. The molecule has 1 aromatic heterocycles. The molecule has 0 bridgehead atoms. The third kappa shape index (κ3) is 5.66.